The molecule has 2 atom stereocenters. The molecule has 0 spiro atoms. The maximum Gasteiger partial charge on any atom is 0.335 e. The number of benzene rings is 3. The summed E-state index contributed by atoms with van der Waals surface area (Å²) in [6.45, 7) is 0.0855. The van der Waals surface area contributed by atoms with E-state index < -0.39 is 24.1 Å². The van der Waals surface area contributed by atoms with Crippen LogP contribution in [0.1, 0.15) is 35.2 Å². The molecular formula is C29H26Cl3NO9. The molecule has 4 rings (SSSR count). The number of nitrogens with zero attached hydrogens (tertiary/aromatic N) is 1. The number of aromatic nitrogens is 1. The van der Waals surface area contributed by atoms with E-state index in [2.05, 4.69) is 4.98 Å². The number of aliphatic carboxylic acids is 1. The summed E-state index contributed by atoms with van der Waals surface area (Å²) in [6.07, 6.45) is -1.81. The highest BCUT2D eigenvalue weighted by molar-refractivity contribution is 6.37. The SMILES string of the molecule is O=C(O)CCc1cc(Cl)c(OCCC(O)C(O)CCOc2ccc(-c3nc4ccc(C(=O)O)cc4o3)cc2Cl)c(Cl)c1. The van der Waals surface area contributed by atoms with E-state index in [9.17, 15) is 19.8 Å². The molecule has 222 valence electrons. The first-order chi connectivity index (χ1) is 20.0. The van der Waals surface area contributed by atoms with Crippen LogP contribution in [0.15, 0.2) is 52.9 Å². The Morgan fingerprint density at radius 2 is 1.52 bits per heavy atom. The molecule has 0 radical (unpaired) electrons. The molecule has 2 unspecified atom stereocenters. The molecule has 0 aliphatic heterocycles. The van der Waals surface area contributed by atoms with Gasteiger partial charge in [0.15, 0.2) is 11.3 Å². The van der Waals surface area contributed by atoms with Crippen LogP contribution in [0.2, 0.25) is 15.1 Å². The van der Waals surface area contributed by atoms with Gasteiger partial charge in [-0.2, -0.15) is 0 Å². The van der Waals surface area contributed by atoms with Gasteiger partial charge in [0, 0.05) is 24.8 Å². The van der Waals surface area contributed by atoms with Gasteiger partial charge in [-0.15, -0.1) is 0 Å². The van der Waals surface area contributed by atoms with Crippen LogP contribution in [0.4, 0.5) is 0 Å². The van der Waals surface area contributed by atoms with Gasteiger partial charge in [0.25, 0.3) is 0 Å². The lowest BCUT2D eigenvalue weighted by atomic mass is 10.1. The monoisotopic (exact) mass is 637 g/mol. The highest BCUT2D eigenvalue weighted by atomic mass is 35.5. The number of aliphatic hydroxyl groups excluding tert-OH is 2. The molecule has 0 amide bonds. The Morgan fingerprint density at radius 3 is 2.14 bits per heavy atom. The predicted molar refractivity (Wildman–Crippen MR) is 156 cm³/mol. The summed E-state index contributed by atoms with van der Waals surface area (Å²) >= 11 is 18.8. The van der Waals surface area contributed by atoms with Crippen molar-refractivity contribution in [3.63, 3.8) is 0 Å². The van der Waals surface area contributed by atoms with Crippen molar-refractivity contribution in [2.24, 2.45) is 0 Å². The number of carboxylic acids is 2. The first-order valence-electron chi connectivity index (χ1n) is 12.8. The van der Waals surface area contributed by atoms with Gasteiger partial charge in [-0.25, -0.2) is 9.78 Å². The maximum atomic E-state index is 11.2. The summed E-state index contributed by atoms with van der Waals surface area (Å²) in [5.74, 6) is -1.18. The molecule has 4 N–H and O–H groups in total. The third kappa shape index (κ3) is 8.05. The number of aryl methyl sites for hydroxylation is 1. The van der Waals surface area contributed by atoms with Crippen LogP contribution in [0.25, 0.3) is 22.6 Å². The molecule has 1 aromatic heterocycles. The number of aromatic carboxylic acids is 1. The zero-order chi connectivity index (χ0) is 30.4. The molecule has 0 saturated carbocycles. The number of rotatable bonds is 14. The standard InChI is InChI=1S/C29H26Cl3NO9/c30-18-13-16(28-33-21-4-2-17(29(38)39)14-25(21)42-28)3-5-24(18)40-9-7-22(34)23(35)8-10-41-27-19(31)11-15(12-20(27)32)1-6-26(36)37/h2-5,11-14,22-23,34-35H,1,6-10H2,(H,36,37)(H,38,39). The summed E-state index contributed by atoms with van der Waals surface area (Å²) in [6, 6.07) is 12.4. The molecule has 10 nitrogen and oxygen atoms in total. The second-order valence-electron chi connectivity index (χ2n) is 9.34. The molecule has 0 saturated heterocycles. The molecule has 0 aliphatic carbocycles. The van der Waals surface area contributed by atoms with Gasteiger partial charge in [-0.05, 0) is 60.5 Å². The normalized spacial score (nSPS) is 12.7. The lowest BCUT2D eigenvalue weighted by Gasteiger charge is -2.19. The first kappa shape index (κ1) is 31.4. The van der Waals surface area contributed by atoms with E-state index in [-0.39, 0.29) is 71.2 Å². The van der Waals surface area contributed by atoms with Gasteiger partial charge < -0.3 is 34.3 Å². The van der Waals surface area contributed by atoms with Crippen LogP contribution in [-0.4, -0.2) is 62.8 Å². The van der Waals surface area contributed by atoms with Crippen LogP contribution >= 0.6 is 34.8 Å². The van der Waals surface area contributed by atoms with Gasteiger partial charge in [0.05, 0.1) is 46.1 Å². The third-order valence-corrected chi connectivity index (χ3v) is 7.13. The van der Waals surface area contributed by atoms with Crippen LogP contribution in [0.3, 0.4) is 0 Å². The van der Waals surface area contributed by atoms with Crippen molar-refractivity contribution in [2.45, 2.75) is 37.9 Å². The molecular weight excluding hydrogens is 613 g/mol. The molecule has 3 aromatic carbocycles. The molecule has 0 fully saturated rings. The minimum absolute atomic E-state index is 0.0216. The van der Waals surface area contributed by atoms with Gasteiger partial charge in [-0.3, -0.25) is 4.79 Å². The van der Waals surface area contributed by atoms with Crippen molar-refractivity contribution in [3.05, 3.63) is 74.7 Å². The van der Waals surface area contributed by atoms with Crippen molar-refractivity contribution in [1.29, 1.82) is 0 Å². The Balaban J connectivity index is 1.25. The highest BCUT2D eigenvalue weighted by Crippen LogP contribution is 2.35. The molecule has 13 heteroatoms. The zero-order valence-corrected chi connectivity index (χ0v) is 24.2. The second-order valence-corrected chi connectivity index (χ2v) is 10.6. The molecule has 0 bridgehead atoms. The van der Waals surface area contributed by atoms with E-state index in [0.717, 1.165) is 0 Å². The fraction of sp³-hybridized carbons (Fsp3) is 0.276. The predicted octanol–water partition coefficient (Wildman–Crippen LogP) is 6.13. The van der Waals surface area contributed by atoms with Crippen molar-refractivity contribution in [1.82, 2.24) is 4.98 Å². The lowest BCUT2D eigenvalue weighted by Crippen LogP contribution is -2.29. The summed E-state index contributed by atoms with van der Waals surface area (Å²) in [4.78, 5) is 26.3. The number of fused-ring (bicyclic) bond motifs is 1. The summed E-state index contributed by atoms with van der Waals surface area (Å²) in [7, 11) is 0. The number of oxazole rings is 1. The zero-order valence-electron chi connectivity index (χ0n) is 21.9. The van der Waals surface area contributed by atoms with E-state index in [1.807, 2.05) is 0 Å². The third-order valence-electron chi connectivity index (χ3n) is 6.28. The van der Waals surface area contributed by atoms with E-state index in [0.29, 0.717) is 28.0 Å². The fourth-order valence-electron chi connectivity index (χ4n) is 4.03. The van der Waals surface area contributed by atoms with Crippen LogP contribution in [-0.2, 0) is 11.2 Å². The van der Waals surface area contributed by atoms with E-state index in [1.54, 1.807) is 36.4 Å². The quantitative estimate of drug-likeness (QED) is 0.127. The van der Waals surface area contributed by atoms with E-state index >= 15 is 0 Å². The first-order valence-corrected chi connectivity index (χ1v) is 13.9. The summed E-state index contributed by atoms with van der Waals surface area (Å²) in [5, 5.41) is 39.4. The van der Waals surface area contributed by atoms with Gasteiger partial charge in [0.2, 0.25) is 5.89 Å². The number of hydrogen-bond donors (Lipinski definition) is 4. The maximum absolute atomic E-state index is 11.2. The Hall–Kier alpha value is -3.54. The van der Waals surface area contributed by atoms with Crippen LogP contribution in [0, 0.1) is 0 Å². The number of carboxylic acid groups (broad SMARTS) is 2. The second kappa shape index (κ2) is 14.1. The number of ether oxygens (including phenoxy) is 2. The van der Waals surface area contributed by atoms with Crippen LogP contribution < -0.4 is 9.47 Å². The largest absolute Gasteiger partial charge is 0.492 e. The van der Waals surface area contributed by atoms with Gasteiger partial charge >= 0.3 is 11.9 Å². The minimum atomic E-state index is -1.11. The van der Waals surface area contributed by atoms with Crippen molar-refractivity contribution < 1.29 is 43.9 Å². The summed E-state index contributed by atoms with van der Waals surface area (Å²) < 4.78 is 17.0. The average molecular weight is 639 g/mol. The molecule has 0 aliphatic rings. The smallest absolute Gasteiger partial charge is 0.335 e. The molecule has 4 aromatic rings. The van der Waals surface area contributed by atoms with E-state index in [1.165, 1.54) is 12.1 Å². The number of hydrogen-bond acceptors (Lipinski definition) is 8. The number of halogens is 3. The minimum Gasteiger partial charge on any atom is -0.492 e. The number of carbonyl (C=O) groups is 2. The van der Waals surface area contributed by atoms with Gasteiger partial charge in [0.1, 0.15) is 11.3 Å². The Bertz CT molecular complexity index is 1570. The Labute approximate surface area is 255 Å². The Morgan fingerprint density at radius 1 is 0.857 bits per heavy atom. The highest BCUT2D eigenvalue weighted by Gasteiger charge is 2.19. The van der Waals surface area contributed by atoms with Gasteiger partial charge in [-0.1, -0.05) is 34.8 Å². The van der Waals surface area contributed by atoms with Crippen LogP contribution in [0.5, 0.6) is 11.5 Å². The van der Waals surface area contributed by atoms with Crippen molar-refractivity contribution in [2.75, 3.05) is 13.2 Å². The number of aliphatic hydroxyl groups is 2. The van der Waals surface area contributed by atoms with Crippen molar-refractivity contribution in [3.8, 4) is 23.0 Å². The topological polar surface area (TPSA) is 160 Å². The molecule has 1 heterocycles. The summed E-state index contributed by atoms with van der Waals surface area (Å²) in [5.41, 5.74) is 2.14. The van der Waals surface area contributed by atoms with E-state index in [4.69, 9.17) is 58.9 Å². The van der Waals surface area contributed by atoms with Crippen molar-refractivity contribution >= 4 is 57.8 Å². The fourth-order valence-corrected chi connectivity index (χ4v) is 4.91. The average Bonchev–Trinajstić information content (AvgIpc) is 3.37. The molecule has 42 heavy (non-hydrogen) atoms. The lowest BCUT2D eigenvalue weighted by molar-refractivity contribution is -0.136. The Kier molecular flexibility index (Phi) is 10.5.